The molecule has 4 nitrogen and oxygen atoms in total. The largest absolute Gasteiger partial charge is 0.433 e. The van der Waals surface area contributed by atoms with Crippen molar-refractivity contribution in [2.75, 3.05) is 28.2 Å². The molecule has 0 aliphatic heterocycles. The third kappa shape index (κ3) is 4.42. The third-order valence-electron chi connectivity index (χ3n) is 2.32. The molecule has 0 fully saturated rings. The molecule has 1 heterocycles. The highest BCUT2D eigenvalue weighted by Crippen LogP contribution is 2.27. The van der Waals surface area contributed by atoms with Gasteiger partial charge < -0.3 is 9.80 Å². The summed E-state index contributed by atoms with van der Waals surface area (Å²) in [7, 11) is 7.30. The molecule has 0 atom stereocenters. The van der Waals surface area contributed by atoms with E-state index in [1.54, 1.807) is 9.80 Å². The van der Waals surface area contributed by atoms with E-state index >= 15 is 0 Å². The van der Waals surface area contributed by atoms with Crippen LogP contribution in [0, 0.1) is 0 Å². The molecule has 0 bridgehead atoms. The lowest BCUT2D eigenvalue weighted by atomic mass is 10.2. The minimum Gasteiger partial charge on any atom is -0.349 e. The maximum absolute atomic E-state index is 12.5. The maximum Gasteiger partial charge on any atom is 0.433 e. The predicted molar refractivity (Wildman–Crippen MR) is 67.8 cm³/mol. The van der Waals surface area contributed by atoms with Gasteiger partial charge in [0, 0.05) is 34.4 Å². The second-order valence-electron chi connectivity index (χ2n) is 4.45. The van der Waals surface area contributed by atoms with E-state index in [1.165, 1.54) is 6.07 Å². The van der Waals surface area contributed by atoms with Gasteiger partial charge in [0.05, 0.1) is 6.54 Å². The Labute approximate surface area is 110 Å². The van der Waals surface area contributed by atoms with Crippen molar-refractivity contribution in [2.24, 2.45) is 4.99 Å². The molecule has 1 rings (SSSR count). The van der Waals surface area contributed by atoms with Gasteiger partial charge in [-0.25, -0.2) is 4.99 Å². The van der Waals surface area contributed by atoms with Crippen LogP contribution in [-0.2, 0) is 12.7 Å². The van der Waals surface area contributed by atoms with Crippen molar-refractivity contribution in [3.63, 3.8) is 0 Å². The SMILES string of the molecule is CN(C)C(=NCc1ccnc(C(F)(F)F)c1)N(C)C. The average molecular weight is 274 g/mol. The van der Waals surface area contributed by atoms with Crippen LogP contribution in [0.1, 0.15) is 11.3 Å². The van der Waals surface area contributed by atoms with Crippen molar-refractivity contribution in [1.82, 2.24) is 14.8 Å². The second-order valence-corrected chi connectivity index (χ2v) is 4.45. The van der Waals surface area contributed by atoms with Crippen LogP contribution in [0.15, 0.2) is 23.3 Å². The summed E-state index contributed by atoms with van der Waals surface area (Å²) in [6.07, 6.45) is -3.27. The van der Waals surface area contributed by atoms with E-state index in [0.717, 1.165) is 12.3 Å². The van der Waals surface area contributed by atoms with Gasteiger partial charge in [0.25, 0.3) is 0 Å². The Kier molecular flexibility index (Phi) is 4.74. The summed E-state index contributed by atoms with van der Waals surface area (Å²) in [5.74, 6) is 0.686. The number of hydrogen-bond donors (Lipinski definition) is 0. The van der Waals surface area contributed by atoms with Gasteiger partial charge in [-0.3, -0.25) is 4.98 Å². The first-order chi connectivity index (χ1) is 8.71. The molecule has 0 aliphatic carbocycles. The van der Waals surface area contributed by atoms with Crippen LogP contribution in [-0.4, -0.2) is 48.9 Å². The van der Waals surface area contributed by atoms with Crippen LogP contribution < -0.4 is 0 Å². The van der Waals surface area contributed by atoms with E-state index in [4.69, 9.17) is 0 Å². The molecule has 0 saturated carbocycles. The molecule has 0 aliphatic rings. The number of hydrogen-bond acceptors (Lipinski definition) is 2. The van der Waals surface area contributed by atoms with Crippen molar-refractivity contribution in [3.8, 4) is 0 Å². The first-order valence-electron chi connectivity index (χ1n) is 5.63. The minimum absolute atomic E-state index is 0.178. The summed E-state index contributed by atoms with van der Waals surface area (Å²) in [6.45, 7) is 0.178. The van der Waals surface area contributed by atoms with Gasteiger partial charge >= 0.3 is 6.18 Å². The van der Waals surface area contributed by atoms with Gasteiger partial charge in [-0.2, -0.15) is 13.2 Å². The number of alkyl halides is 3. The predicted octanol–water partition coefficient (Wildman–Crippen LogP) is 2.08. The first-order valence-corrected chi connectivity index (χ1v) is 5.63. The fraction of sp³-hybridized carbons (Fsp3) is 0.500. The van der Waals surface area contributed by atoms with Crippen molar-refractivity contribution in [1.29, 1.82) is 0 Å². The van der Waals surface area contributed by atoms with Crippen molar-refractivity contribution in [2.45, 2.75) is 12.7 Å². The molecule has 1 aromatic rings. The van der Waals surface area contributed by atoms with Crippen LogP contribution >= 0.6 is 0 Å². The first kappa shape index (κ1) is 15.3. The summed E-state index contributed by atoms with van der Waals surface area (Å²) in [5, 5.41) is 0. The van der Waals surface area contributed by atoms with Crippen molar-refractivity contribution < 1.29 is 13.2 Å². The smallest absolute Gasteiger partial charge is 0.349 e. The Balaban J connectivity index is 2.91. The minimum atomic E-state index is -4.42. The lowest BCUT2D eigenvalue weighted by Crippen LogP contribution is -2.35. The summed E-state index contributed by atoms with van der Waals surface area (Å²) >= 11 is 0. The Morgan fingerprint density at radius 3 is 2.26 bits per heavy atom. The Bertz CT molecular complexity index is 443. The van der Waals surface area contributed by atoms with E-state index in [1.807, 2.05) is 28.2 Å². The highest BCUT2D eigenvalue weighted by atomic mass is 19.4. The molecule has 0 saturated heterocycles. The number of aliphatic imine (C=N–C) groups is 1. The fourth-order valence-corrected chi connectivity index (χ4v) is 1.57. The number of halogens is 3. The van der Waals surface area contributed by atoms with Crippen LogP contribution in [0.5, 0.6) is 0 Å². The van der Waals surface area contributed by atoms with E-state index < -0.39 is 11.9 Å². The normalized spacial score (nSPS) is 11.1. The molecule has 106 valence electrons. The van der Waals surface area contributed by atoms with E-state index in [2.05, 4.69) is 9.98 Å². The highest BCUT2D eigenvalue weighted by molar-refractivity contribution is 5.79. The van der Waals surface area contributed by atoms with Crippen LogP contribution in [0.4, 0.5) is 13.2 Å². The van der Waals surface area contributed by atoms with E-state index in [9.17, 15) is 13.2 Å². The summed E-state index contributed by atoms with van der Waals surface area (Å²) in [4.78, 5) is 11.2. The average Bonchev–Trinajstić information content (AvgIpc) is 2.27. The molecule has 0 unspecified atom stereocenters. The summed E-state index contributed by atoms with van der Waals surface area (Å²) < 4.78 is 37.5. The number of nitrogens with zero attached hydrogens (tertiary/aromatic N) is 4. The molecule has 0 aromatic carbocycles. The second kappa shape index (κ2) is 5.90. The molecule has 0 spiro atoms. The molecular formula is C12H17F3N4. The van der Waals surface area contributed by atoms with Crippen LogP contribution in [0.3, 0.4) is 0 Å². The molecule has 0 N–H and O–H groups in total. The molecular weight excluding hydrogens is 257 g/mol. The maximum atomic E-state index is 12.5. The topological polar surface area (TPSA) is 31.7 Å². The number of rotatable bonds is 2. The lowest BCUT2D eigenvalue weighted by Gasteiger charge is -2.22. The Morgan fingerprint density at radius 1 is 1.21 bits per heavy atom. The summed E-state index contributed by atoms with van der Waals surface area (Å²) in [6, 6.07) is 2.55. The number of aromatic nitrogens is 1. The van der Waals surface area contributed by atoms with Crippen LogP contribution in [0.25, 0.3) is 0 Å². The van der Waals surface area contributed by atoms with Crippen molar-refractivity contribution in [3.05, 3.63) is 29.6 Å². The summed E-state index contributed by atoms with van der Waals surface area (Å²) in [5.41, 5.74) is -0.417. The lowest BCUT2D eigenvalue weighted by molar-refractivity contribution is -0.141. The fourth-order valence-electron chi connectivity index (χ4n) is 1.57. The zero-order valence-corrected chi connectivity index (χ0v) is 11.4. The van der Waals surface area contributed by atoms with Crippen LogP contribution in [0.2, 0.25) is 0 Å². The van der Waals surface area contributed by atoms with Gasteiger partial charge in [0.15, 0.2) is 5.96 Å². The number of guanidine groups is 1. The molecule has 19 heavy (non-hydrogen) atoms. The zero-order chi connectivity index (χ0) is 14.6. The monoisotopic (exact) mass is 274 g/mol. The third-order valence-corrected chi connectivity index (χ3v) is 2.32. The van der Waals surface area contributed by atoms with Gasteiger partial charge in [-0.15, -0.1) is 0 Å². The van der Waals surface area contributed by atoms with E-state index in [0.29, 0.717) is 11.5 Å². The quantitative estimate of drug-likeness (QED) is 0.611. The highest BCUT2D eigenvalue weighted by Gasteiger charge is 2.32. The van der Waals surface area contributed by atoms with E-state index in [-0.39, 0.29) is 6.54 Å². The Morgan fingerprint density at radius 2 is 1.79 bits per heavy atom. The molecule has 0 amide bonds. The van der Waals surface area contributed by atoms with Gasteiger partial charge in [-0.1, -0.05) is 0 Å². The standard InChI is InChI=1S/C12H17F3N4/c1-18(2)11(19(3)4)17-8-9-5-6-16-10(7-9)12(13,14)15/h5-7H,8H2,1-4H3. The van der Waals surface area contributed by atoms with Gasteiger partial charge in [-0.05, 0) is 17.7 Å². The van der Waals surface area contributed by atoms with Gasteiger partial charge in [0.1, 0.15) is 5.69 Å². The molecule has 0 radical (unpaired) electrons. The Hall–Kier alpha value is -1.79. The van der Waals surface area contributed by atoms with Crippen molar-refractivity contribution >= 4 is 5.96 Å². The van der Waals surface area contributed by atoms with Gasteiger partial charge in [0.2, 0.25) is 0 Å². The zero-order valence-electron chi connectivity index (χ0n) is 11.4. The molecule has 1 aromatic heterocycles. The number of pyridine rings is 1. The molecule has 7 heteroatoms.